The first kappa shape index (κ1) is 13.0. The second kappa shape index (κ2) is 5.19. The Morgan fingerprint density at radius 2 is 2.15 bits per heavy atom. The molecule has 0 radical (unpaired) electrons. The Bertz CT molecular complexity index is 751. The van der Waals surface area contributed by atoms with Crippen LogP contribution in [0.2, 0.25) is 5.02 Å². The highest BCUT2D eigenvalue weighted by atomic mass is 35.5. The number of anilines is 1. The number of nitrogen functional groups attached to an aromatic ring is 1. The van der Waals surface area contributed by atoms with Gasteiger partial charge in [0.05, 0.1) is 17.6 Å². The summed E-state index contributed by atoms with van der Waals surface area (Å²) >= 11 is 7.73. The summed E-state index contributed by atoms with van der Waals surface area (Å²) in [5.41, 5.74) is 7.44. The lowest BCUT2D eigenvalue weighted by Gasteiger charge is -2.03. The summed E-state index contributed by atoms with van der Waals surface area (Å²) in [4.78, 5) is 0.890. The third-order valence-electron chi connectivity index (χ3n) is 2.90. The maximum Gasteiger partial charge on any atom is 0.187 e. The molecule has 102 valence electrons. The molecular formula is C14H11ClN2O2S. The van der Waals surface area contributed by atoms with Crippen molar-refractivity contribution in [3.8, 4) is 27.5 Å². The van der Waals surface area contributed by atoms with E-state index in [0.717, 1.165) is 16.2 Å². The van der Waals surface area contributed by atoms with Crippen molar-refractivity contribution in [3.63, 3.8) is 0 Å². The van der Waals surface area contributed by atoms with E-state index in [9.17, 15) is 0 Å². The molecule has 1 aromatic carbocycles. The Hall–Kier alpha value is -1.98. The molecule has 0 amide bonds. The molecule has 0 saturated heterocycles. The molecule has 3 rings (SSSR count). The molecule has 0 spiro atoms. The van der Waals surface area contributed by atoms with Crippen LogP contribution in [0.25, 0.3) is 21.8 Å². The highest BCUT2D eigenvalue weighted by Crippen LogP contribution is 2.42. The summed E-state index contributed by atoms with van der Waals surface area (Å²) in [7, 11) is 1.62. The van der Waals surface area contributed by atoms with E-state index in [1.54, 1.807) is 7.11 Å². The first-order valence-electron chi connectivity index (χ1n) is 5.83. The Morgan fingerprint density at radius 1 is 1.35 bits per heavy atom. The number of methoxy groups -OCH3 is 1. The first-order valence-corrected chi connectivity index (χ1v) is 7.09. The third kappa shape index (κ3) is 2.15. The monoisotopic (exact) mass is 306 g/mol. The lowest BCUT2D eigenvalue weighted by atomic mass is 10.1. The number of rotatable bonds is 3. The van der Waals surface area contributed by atoms with Crippen molar-refractivity contribution in [2.45, 2.75) is 0 Å². The number of aromatic nitrogens is 1. The van der Waals surface area contributed by atoms with Crippen LogP contribution in [0.4, 0.5) is 5.82 Å². The van der Waals surface area contributed by atoms with E-state index in [0.29, 0.717) is 22.2 Å². The molecular weight excluding hydrogens is 296 g/mol. The van der Waals surface area contributed by atoms with Crippen LogP contribution >= 0.6 is 22.9 Å². The molecule has 0 saturated carbocycles. The van der Waals surface area contributed by atoms with Crippen LogP contribution < -0.4 is 10.5 Å². The van der Waals surface area contributed by atoms with Crippen LogP contribution in [0.3, 0.4) is 0 Å². The molecule has 3 aromatic rings. The van der Waals surface area contributed by atoms with Crippen LogP contribution in [0.1, 0.15) is 0 Å². The normalized spacial score (nSPS) is 10.7. The molecule has 4 nitrogen and oxygen atoms in total. The quantitative estimate of drug-likeness (QED) is 0.783. The minimum absolute atomic E-state index is 0.320. The van der Waals surface area contributed by atoms with Gasteiger partial charge in [-0.1, -0.05) is 35.0 Å². The van der Waals surface area contributed by atoms with Crippen LogP contribution in [0.15, 0.2) is 40.2 Å². The number of nitrogens with zero attached hydrogens (tertiary/aromatic N) is 1. The summed E-state index contributed by atoms with van der Waals surface area (Å²) in [6, 6.07) is 9.34. The summed E-state index contributed by atoms with van der Waals surface area (Å²) < 4.78 is 10.6. The number of hydrogen-bond donors (Lipinski definition) is 1. The summed E-state index contributed by atoms with van der Waals surface area (Å²) in [5.74, 6) is 1.69. The van der Waals surface area contributed by atoms with Gasteiger partial charge in [-0.25, -0.2) is 0 Å². The van der Waals surface area contributed by atoms with Gasteiger partial charge in [-0.2, -0.15) is 0 Å². The molecule has 0 fully saturated rings. The Balaban J connectivity index is 2.17. The van der Waals surface area contributed by atoms with E-state index in [4.69, 9.17) is 26.6 Å². The molecule has 20 heavy (non-hydrogen) atoms. The Kier molecular flexibility index (Phi) is 3.38. The number of ether oxygens (including phenoxy) is 1. The molecule has 2 N–H and O–H groups in total. The van der Waals surface area contributed by atoms with E-state index >= 15 is 0 Å². The fraction of sp³-hybridized carbons (Fsp3) is 0.0714. The maximum absolute atomic E-state index is 6.23. The molecule has 0 aliphatic heterocycles. The summed E-state index contributed by atoms with van der Waals surface area (Å²) in [5, 5.41) is 6.35. The zero-order valence-electron chi connectivity index (χ0n) is 10.6. The molecule has 0 unspecified atom stereocenters. The predicted molar refractivity (Wildman–Crippen MR) is 81.2 cm³/mol. The van der Waals surface area contributed by atoms with Crippen molar-refractivity contribution in [2.75, 3.05) is 12.8 Å². The predicted octanol–water partition coefficient (Wildman–Crippen LogP) is 4.31. The van der Waals surface area contributed by atoms with Gasteiger partial charge in [0, 0.05) is 22.0 Å². The largest absolute Gasteiger partial charge is 0.496 e. The first-order chi connectivity index (χ1) is 9.70. The minimum atomic E-state index is 0.320. The van der Waals surface area contributed by atoms with Crippen molar-refractivity contribution in [1.29, 1.82) is 0 Å². The average Bonchev–Trinajstić information content (AvgIpc) is 3.06. The smallest absolute Gasteiger partial charge is 0.187 e. The van der Waals surface area contributed by atoms with Gasteiger partial charge in [0.1, 0.15) is 5.75 Å². The standard InChI is InChI=1S/C14H11ClN2O2S/c1-18-8-6-11(20-7-8)13-12(14(16)17-19-13)9-4-2-3-5-10(9)15/h2-7H,1H3,(H2,16,17). The number of benzene rings is 1. The molecule has 0 aliphatic rings. The van der Waals surface area contributed by atoms with Crippen LogP contribution in [0.5, 0.6) is 5.75 Å². The van der Waals surface area contributed by atoms with Gasteiger partial charge in [-0.3, -0.25) is 0 Å². The molecule has 0 atom stereocenters. The zero-order chi connectivity index (χ0) is 14.1. The van der Waals surface area contributed by atoms with E-state index in [-0.39, 0.29) is 0 Å². The number of thiophene rings is 1. The lowest BCUT2D eigenvalue weighted by Crippen LogP contribution is -1.89. The van der Waals surface area contributed by atoms with Gasteiger partial charge in [-0.15, -0.1) is 11.3 Å². The number of halogens is 1. The Labute approximate surface area is 124 Å². The van der Waals surface area contributed by atoms with Crippen molar-refractivity contribution in [3.05, 3.63) is 40.7 Å². The van der Waals surface area contributed by atoms with E-state index < -0.39 is 0 Å². The average molecular weight is 307 g/mol. The fourth-order valence-electron chi connectivity index (χ4n) is 1.94. The topological polar surface area (TPSA) is 61.3 Å². The molecule has 2 aromatic heterocycles. The summed E-state index contributed by atoms with van der Waals surface area (Å²) in [6.07, 6.45) is 0. The second-order valence-electron chi connectivity index (χ2n) is 4.10. The Morgan fingerprint density at radius 3 is 2.85 bits per heavy atom. The minimum Gasteiger partial charge on any atom is -0.496 e. The van der Waals surface area contributed by atoms with Gasteiger partial charge in [0.15, 0.2) is 11.6 Å². The lowest BCUT2D eigenvalue weighted by molar-refractivity contribution is 0.416. The number of hydrogen-bond acceptors (Lipinski definition) is 5. The third-order valence-corrected chi connectivity index (χ3v) is 4.13. The maximum atomic E-state index is 6.23. The van der Waals surface area contributed by atoms with Crippen molar-refractivity contribution >= 4 is 28.8 Å². The van der Waals surface area contributed by atoms with Crippen LogP contribution in [-0.4, -0.2) is 12.3 Å². The number of nitrogens with two attached hydrogens (primary N) is 1. The summed E-state index contributed by atoms with van der Waals surface area (Å²) in [6.45, 7) is 0. The van der Waals surface area contributed by atoms with Crippen LogP contribution in [0, 0.1) is 0 Å². The van der Waals surface area contributed by atoms with E-state index in [1.165, 1.54) is 11.3 Å². The zero-order valence-corrected chi connectivity index (χ0v) is 12.2. The van der Waals surface area contributed by atoms with E-state index in [2.05, 4.69) is 5.16 Å². The fourth-order valence-corrected chi connectivity index (χ4v) is 3.01. The SMILES string of the molecule is COc1csc(-c2onc(N)c2-c2ccccc2Cl)c1. The van der Waals surface area contributed by atoms with Crippen molar-refractivity contribution in [1.82, 2.24) is 5.16 Å². The van der Waals surface area contributed by atoms with Crippen molar-refractivity contribution in [2.24, 2.45) is 0 Å². The highest BCUT2D eigenvalue weighted by Gasteiger charge is 2.20. The highest BCUT2D eigenvalue weighted by molar-refractivity contribution is 7.13. The van der Waals surface area contributed by atoms with E-state index in [1.807, 2.05) is 35.7 Å². The van der Waals surface area contributed by atoms with Gasteiger partial charge in [0.25, 0.3) is 0 Å². The van der Waals surface area contributed by atoms with Gasteiger partial charge < -0.3 is 15.0 Å². The van der Waals surface area contributed by atoms with Gasteiger partial charge in [0.2, 0.25) is 0 Å². The van der Waals surface area contributed by atoms with Crippen LogP contribution in [-0.2, 0) is 0 Å². The van der Waals surface area contributed by atoms with Gasteiger partial charge >= 0.3 is 0 Å². The molecule has 0 aliphatic carbocycles. The molecule has 2 heterocycles. The van der Waals surface area contributed by atoms with Crippen molar-refractivity contribution < 1.29 is 9.26 Å². The second-order valence-corrected chi connectivity index (χ2v) is 5.42. The van der Waals surface area contributed by atoms with Gasteiger partial charge in [-0.05, 0) is 6.07 Å². The molecule has 0 bridgehead atoms. The molecule has 6 heteroatoms.